The van der Waals surface area contributed by atoms with Gasteiger partial charge in [-0.25, -0.2) is 0 Å². The Balaban J connectivity index is 1.35. The van der Waals surface area contributed by atoms with Gasteiger partial charge in [-0.3, -0.25) is 19.3 Å². The minimum Gasteiger partial charge on any atom is -0.388 e. The van der Waals surface area contributed by atoms with Crippen molar-refractivity contribution in [2.45, 2.75) is 31.8 Å². The molecule has 182 valence electrons. The number of likely N-dealkylation sites (tertiary alicyclic amines) is 1. The molecular weight excluding hydrogens is 442 g/mol. The maximum Gasteiger partial charge on any atom is 0.254 e. The van der Waals surface area contributed by atoms with Crippen LogP contribution in [0.15, 0.2) is 48.5 Å². The van der Waals surface area contributed by atoms with Crippen molar-refractivity contribution in [3.05, 3.63) is 70.8 Å². The number of nitrogens with zero attached hydrogens (tertiary/aromatic N) is 2. The van der Waals surface area contributed by atoms with Gasteiger partial charge in [-0.1, -0.05) is 30.4 Å². The van der Waals surface area contributed by atoms with Gasteiger partial charge in [0.15, 0.2) is 11.8 Å². The molecule has 35 heavy (non-hydrogen) atoms. The highest BCUT2D eigenvalue weighted by Crippen LogP contribution is 2.48. The van der Waals surface area contributed by atoms with Crippen LogP contribution in [0, 0.1) is 17.3 Å². The number of hydrogen-bond donors (Lipinski definition) is 2. The summed E-state index contributed by atoms with van der Waals surface area (Å²) in [7, 11) is 2.73. The molecule has 0 bridgehead atoms. The Hall–Kier alpha value is -3.47. The van der Waals surface area contributed by atoms with E-state index in [9.17, 15) is 14.4 Å². The van der Waals surface area contributed by atoms with E-state index < -0.39 is 30.2 Å². The molecule has 1 saturated heterocycles. The number of hydrogen-bond acceptors (Lipinski definition) is 5. The zero-order chi connectivity index (χ0) is 25.0. The van der Waals surface area contributed by atoms with Gasteiger partial charge in [0.05, 0.1) is 0 Å². The molecule has 1 aliphatic carbocycles. The molecule has 2 aromatic carbocycles. The fraction of sp³-hybridized carbons (Fsp3) is 0.393. The van der Waals surface area contributed by atoms with Crippen LogP contribution >= 0.6 is 0 Å². The summed E-state index contributed by atoms with van der Waals surface area (Å²) in [5.41, 5.74) is 3.92. The van der Waals surface area contributed by atoms with Crippen molar-refractivity contribution in [1.29, 1.82) is 0 Å². The summed E-state index contributed by atoms with van der Waals surface area (Å²) in [6, 6.07) is 13.6. The number of rotatable bonds is 7. The zero-order valence-corrected chi connectivity index (χ0v) is 20.2. The first kappa shape index (κ1) is 24.6. The summed E-state index contributed by atoms with van der Waals surface area (Å²) in [6.07, 6.45) is 4.18. The molecule has 2 fully saturated rings. The van der Waals surface area contributed by atoms with Crippen LogP contribution in [0.5, 0.6) is 0 Å². The number of nitrogens with one attached hydrogen (secondary N) is 1. The third-order valence-corrected chi connectivity index (χ3v) is 7.04. The van der Waals surface area contributed by atoms with Crippen molar-refractivity contribution in [2.24, 2.45) is 5.41 Å². The summed E-state index contributed by atoms with van der Waals surface area (Å²) < 4.78 is 0. The lowest BCUT2D eigenvalue weighted by Gasteiger charge is -2.56. The van der Waals surface area contributed by atoms with Gasteiger partial charge in [0.25, 0.3) is 5.91 Å². The smallest absolute Gasteiger partial charge is 0.254 e. The van der Waals surface area contributed by atoms with E-state index in [0.717, 1.165) is 22.6 Å². The molecule has 1 heterocycles. The highest BCUT2D eigenvalue weighted by molar-refractivity contribution is 6.10. The number of amides is 2. The summed E-state index contributed by atoms with van der Waals surface area (Å²) in [5, 5.41) is 11.5. The molecule has 0 radical (unpaired) electrons. The van der Waals surface area contributed by atoms with Gasteiger partial charge in [-0.2, -0.15) is 0 Å². The van der Waals surface area contributed by atoms with E-state index in [1.54, 1.807) is 24.3 Å². The minimum absolute atomic E-state index is 0.316. The van der Waals surface area contributed by atoms with Gasteiger partial charge < -0.3 is 15.3 Å². The van der Waals surface area contributed by atoms with Crippen molar-refractivity contribution in [2.75, 3.05) is 33.8 Å². The van der Waals surface area contributed by atoms with E-state index in [2.05, 4.69) is 34.2 Å². The summed E-state index contributed by atoms with van der Waals surface area (Å²) in [6.45, 7) is 2.62. The minimum atomic E-state index is -1.39. The maximum atomic E-state index is 12.8. The molecule has 1 aliphatic heterocycles. The molecule has 1 atom stereocenters. The molecule has 7 heteroatoms. The second-order valence-corrected chi connectivity index (χ2v) is 9.58. The summed E-state index contributed by atoms with van der Waals surface area (Å²) in [5.74, 6) is 4.36. The molecule has 2 amide bonds. The van der Waals surface area contributed by atoms with Crippen molar-refractivity contribution < 1.29 is 19.5 Å². The monoisotopic (exact) mass is 473 g/mol. The number of carbonyl (C=O) groups excluding carboxylic acids is 3. The van der Waals surface area contributed by atoms with Gasteiger partial charge in [-0.05, 0) is 60.2 Å². The highest BCUT2D eigenvalue weighted by Gasteiger charge is 2.46. The third-order valence-electron chi connectivity index (χ3n) is 7.04. The molecule has 1 saturated carbocycles. The zero-order valence-electron chi connectivity index (χ0n) is 20.2. The number of ketones is 1. The molecule has 7 nitrogen and oxygen atoms in total. The van der Waals surface area contributed by atoms with Crippen LogP contribution in [0.4, 0.5) is 0 Å². The Morgan fingerprint density at radius 2 is 1.60 bits per heavy atom. The molecule has 1 unspecified atom stereocenters. The number of Topliss-reactive ketones (excluding diaryl/α,β-unsaturated/α-hetero) is 1. The Kier molecular flexibility index (Phi) is 7.34. The largest absolute Gasteiger partial charge is 0.388 e. The third kappa shape index (κ3) is 5.45. The second kappa shape index (κ2) is 10.4. The van der Waals surface area contributed by atoms with Crippen LogP contribution in [0.2, 0.25) is 0 Å². The Labute approximate surface area is 206 Å². The SMILES string of the molecule is CNC(=O)C(C(=O)CO)N(C)C(=O)c1ccc(C#Cc2ccc(CN3CC4(CCC4)C3)cc2)cc1. The van der Waals surface area contributed by atoms with Gasteiger partial charge in [0, 0.05) is 50.4 Å². The molecule has 2 N–H and O–H groups in total. The van der Waals surface area contributed by atoms with E-state index in [4.69, 9.17) is 5.11 Å². The van der Waals surface area contributed by atoms with Crippen LogP contribution in [0.3, 0.4) is 0 Å². The fourth-order valence-electron chi connectivity index (χ4n) is 4.88. The molecule has 2 aromatic rings. The van der Waals surface area contributed by atoms with E-state index >= 15 is 0 Å². The highest BCUT2D eigenvalue weighted by atomic mass is 16.3. The number of aliphatic hydroxyl groups excluding tert-OH is 1. The topological polar surface area (TPSA) is 90.0 Å². The van der Waals surface area contributed by atoms with Gasteiger partial charge in [0.2, 0.25) is 5.91 Å². The Morgan fingerprint density at radius 3 is 2.09 bits per heavy atom. The quantitative estimate of drug-likeness (QED) is 0.473. The molecule has 0 aromatic heterocycles. The first-order valence-corrected chi connectivity index (χ1v) is 11.9. The first-order chi connectivity index (χ1) is 16.8. The number of aliphatic hydroxyl groups is 1. The Morgan fingerprint density at radius 1 is 1.03 bits per heavy atom. The normalized spacial score (nSPS) is 16.8. The molecular formula is C28H31N3O4. The standard InChI is InChI=1S/C28H31N3O4/c1-29-26(34)25(24(33)17-32)30(2)27(35)23-12-10-21(11-13-23)5-4-20-6-8-22(9-7-20)16-31-18-28(19-31)14-3-15-28/h6-13,25,32H,3,14-19H2,1-2H3,(H,29,34). The van der Waals surface area contributed by atoms with Crippen LogP contribution in [-0.2, 0) is 16.1 Å². The van der Waals surface area contributed by atoms with E-state index in [1.807, 2.05) is 12.1 Å². The van der Waals surface area contributed by atoms with Crippen molar-refractivity contribution in [3.8, 4) is 11.8 Å². The van der Waals surface area contributed by atoms with Crippen LogP contribution in [0.1, 0.15) is 46.3 Å². The van der Waals surface area contributed by atoms with Gasteiger partial charge in [-0.15, -0.1) is 0 Å². The lowest BCUT2D eigenvalue weighted by molar-refractivity contribution is -0.135. The van der Waals surface area contributed by atoms with Crippen molar-refractivity contribution >= 4 is 17.6 Å². The maximum absolute atomic E-state index is 12.8. The predicted molar refractivity (Wildman–Crippen MR) is 132 cm³/mol. The summed E-state index contributed by atoms with van der Waals surface area (Å²) >= 11 is 0. The van der Waals surface area contributed by atoms with Crippen LogP contribution in [0.25, 0.3) is 0 Å². The van der Waals surface area contributed by atoms with Crippen LogP contribution in [-0.4, -0.2) is 72.3 Å². The average Bonchev–Trinajstić information content (AvgIpc) is 2.83. The number of carbonyl (C=O) groups is 3. The molecule has 1 spiro atoms. The second-order valence-electron chi connectivity index (χ2n) is 9.58. The predicted octanol–water partition coefficient (Wildman–Crippen LogP) is 1.82. The molecule has 2 aliphatic rings. The van der Waals surface area contributed by atoms with E-state index in [1.165, 1.54) is 52.0 Å². The van der Waals surface area contributed by atoms with Crippen molar-refractivity contribution in [3.63, 3.8) is 0 Å². The van der Waals surface area contributed by atoms with Crippen LogP contribution < -0.4 is 5.32 Å². The van der Waals surface area contributed by atoms with Gasteiger partial charge >= 0.3 is 0 Å². The fourth-order valence-corrected chi connectivity index (χ4v) is 4.88. The van der Waals surface area contributed by atoms with E-state index in [0.29, 0.717) is 11.0 Å². The van der Waals surface area contributed by atoms with Gasteiger partial charge in [0.1, 0.15) is 6.61 Å². The molecule has 4 rings (SSSR count). The first-order valence-electron chi connectivity index (χ1n) is 11.9. The Bertz CT molecular complexity index is 1130. The lowest BCUT2D eigenvalue weighted by atomic mass is 9.63. The van der Waals surface area contributed by atoms with E-state index in [-0.39, 0.29) is 0 Å². The average molecular weight is 474 g/mol. The lowest BCUT2D eigenvalue weighted by Crippen LogP contribution is -2.58. The van der Waals surface area contributed by atoms with Crippen molar-refractivity contribution in [1.82, 2.24) is 15.1 Å². The number of benzene rings is 2. The number of likely N-dealkylation sites (N-methyl/N-ethyl adjacent to an activating group) is 2. The summed E-state index contributed by atoms with van der Waals surface area (Å²) in [4.78, 5) is 40.3.